The molecule has 0 aromatic carbocycles. The molecule has 1 atom stereocenters. The molecule has 3 heterocycles. The van der Waals surface area contributed by atoms with E-state index in [1.165, 1.54) is 0 Å². The van der Waals surface area contributed by atoms with Gasteiger partial charge in [-0.15, -0.1) is 0 Å². The number of amides is 1. The Bertz CT molecular complexity index is 770. The second-order valence-corrected chi connectivity index (χ2v) is 8.40. The smallest absolute Gasteiger partial charge is 0.243 e. The molecule has 1 N–H and O–H groups in total. The number of likely N-dealkylation sites (tertiary alicyclic amines) is 1. The summed E-state index contributed by atoms with van der Waals surface area (Å²) in [5.74, 6) is 2.04. The van der Waals surface area contributed by atoms with Crippen molar-refractivity contribution in [3.63, 3.8) is 0 Å². The zero-order valence-corrected chi connectivity index (χ0v) is 16.8. The first-order chi connectivity index (χ1) is 12.7. The molecule has 146 valence electrons. The van der Waals surface area contributed by atoms with Crippen molar-refractivity contribution in [3.8, 4) is 0 Å². The van der Waals surface area contributed by atoms with Gasteiger partial charge in [0.05, 0.1) is 6.04 Å². The van der Waals surface area contributed by atoms with Gasteiger partial charge in [-0.25, -0.2) is 4.98 Å². The molecule has 0 radical (unpaired) electrons. The molecule has 0 bridgehead atoms. The number of anilines is 1. The first-order valence-electron chi connectivity index (χ1n) is 9.55. The molecule has 2 aromatic rings. The maximum absolute atomic E-state index is 12.5. The monoisotopic (exact) mass is 371 g/mol. The average Bonchev–Trinajstić information content (AvgIpc) is 3.14. The third-order valence-electron chi connectivity index (χ3n) is 5.08. The summed E-state index contributed by atoms with van der Waals surface area (Å²) >= 11 is 0. The van der Waals surface area contributed by atoms with E-state index in [1.807, 2.05) is 19.1 Å². The molecule has 7 nitrogen and oxygen atoms in total. The van der Waals surface area contributed by atoms with Gasteiger partial charge in [-0.2, -0.15) is 4.98 Å². The minimum absolute atomic E-state index is 0.00405. The van der Waals surface area contributed by atoms with E-state index >= 15 is 0 Å². The highest BCUT2D eigenvalue weighted by atomic mass is 16.5. The van der Waals surface area contributed by atoms with Gasteiger partial charge in [0.25, 0.3) is 0 Å². The standard InChI is InChI=1S/C20H29N5O2/c1-13-6-7-16(21-12-13)22-17(26)15-8-10-25(11-9-15)14(2)18-23-19(24-27-18)20(3,4)5/h6-7,12,14-15H,8-11H2,1-5H3,(H,21,22,26). The van der Waals surface area contributed by atoms with Gasteiger partial charge in [-0.05, 0) is 51.4 Å². The lowest BCUT2D eigenvalue weighted by atomic mass is 9.94. The van der Waals surface area contributed by atoms with Gasteiger partial charge in [0.2, 0.25) is 11.8 Å². The third kappa shape index (κ3) is 4.71. The Morgan fingerprint density at radius 3 is 2.56 bits per heavy atom. The van der Waals surface area contributed by atoms with Crippen LogP contribution in [-0.4, -0.2) is 39.0 Å². The molecule has 1 aliphatic heterocycles. The topological polar surface area (TPSA) is 84.2 Å². The zero-order chi connectivity index (χ0) is 19.6. The molecule has 27 heavy (non-hydrogen) atoms. The number of carbonyl (C=O) groups excluding carboxylic acids is 1. The number of aromatic nitrogens is 3. The molecule has 0 saturated carbocycles. The molecule has 7 heteroatoms. The van der Waals surface area contributed by atoms with Gasteiger partial charge in [0, 0.05) is 17.5 Å². The molecule has 1 unspecified atom stereocenters. The van der Waals surface area contributed by atoms with Crippen molar-refractivity contribution >= 4 is 11.7 Å². The highest BCUT2D eigenvalue weighted by Gasteiger charge is 2.31. The Morgan fingerprint density at radius 1 is 1.30 bits per heavy atom. The SMILES string of the molecule is Cc1ccc(NC(=O)C2CCN(C(C)c3nc(C(C)(C)C)no3)CC2)nc1. The van der Waals surface area contributed by atoms with Gasteiger partial charge in [-0.3, -0.25) is 9.69 Å². The summed E-state index contributed by atoms with van der Waals surface area (Å²) in [6.07, 6.45) is 3.38. The fourth-order valence-corrected chi connectivity index (χ4v) is 3.18. The molecule has 1 amide bonds. The Hall–Kier alpha value is -2.28. The van der Waals surface area contributed by atoms with Crippen LogP contribution in [0.4, 0.5) is 5.82 Å². The van der Waals surface area contributed by atoms with Crippen molar-refractivity contribution in [3.05, 3.63) is 35.6 Å². The summed E-state index contributed by atoms with van der Waals surface area (Å²) in [6.45, 7) is 11.9. The first-order valence-corrected chi connectivity index (χ1v) is 9.55. The van der Waals surface area contributed by atoms with Crippen molar-refractivity contribution in [2.75, 3.05) is 18.4 Å². The Balaban J connectivity index is 1.54. The summed E-state index contributed by atoms with van der Waals surface area (Å²) in [5, 5.41) is 7.04. The lowest BCUT2D eigenvalue weighted by Crippen LogP contribution is -2.39. The van der Waals surface area contributed by atoms with Gasteiger partial charge >= 0.3 is 0 Å². The van der Waals surface area contributed by atoms with Crippen LogP contribution in [0.2, 0.25) is 0 Å². The number of aryl methyl sites for hydroxylation is 1. The van der Waals surface area contributed by atoms with Crippen LogP contribution in [0.1, 0.15) is 63.9 Å². The largest absolute Gasteiger partial charge is 0.338 e. The van der Waals surface area contributed by atoms with Crippen LogP contribution in [-0.2, 0) is 10.2 Å². The molecule has 3 rings (SSSR count). The van der Waals surface area contributed by atoms with E-state index in [2.05, 4.69) is 53.0 Å². The highest BCUT2D eigenvalue weighted by Crippen LogP contribution is 2.28. The number of nitrogens with one attached hydrogen (secondary N) is 1. The number of pyridine rings is 1. The molecular weight excluding hydrogens is 342 g/mol. The average molecular weight is 371 g/mol. The van der Waals surface area contributed by atoms with E-state index in [-0.39, 0.29) is 23.3 Å². The Labute approximate surface area is 160 Å². The zero-order valence-electron chi connectivity index (χ0n) is 16.8. The van der Waals surface area contributed by atoms with Gasteiger partial charge in [-0.1, -0.05) is 32.0 Å². The van der Waals surface area contributed by atoms with E-state index in [0.29, 0.717) is 11.7 Å². The van der Waals surface area contributed by atoms with Crippen molar-refractivity contribution in [1.29, 1.82) is 0 Å². The fraction of sp³-hybridized carbons (Fsp3) is 0.600. The number of nitrogens with zero attached hydrogens (tertiary/aromatic N) is 4. The van der Waals surface area contributed by atoms with Gasteiger partial charge < -0.3 is 9.84 Å². The fourth-order valence-electron chi connectivity index (χ4n) is 3.18. The summed E-state index contributed by atoms with van der Waals surface area (Å²) in [5.41, 5.74) is 0.947. The number of rotatable bonds is 4. The molecule has 1 fully saturated rings. The molecule has 1 aliphatic rings. The van der Waals surface area contributed by atoms with E-state index in [0.717, 1.165) is 37.3 Å². The lowest BCUT2D eigenvalue weighted by molar-refractivity contribution is -0.121. The van der Waals surface area contributed by atoms with E-state index in [4.69, 9.17) is 4.52 Å². The van der Waals surface area contributed by atoms with Crippen LogP contribution in [0.3, 0.4) is 0 Å². The Kier molecular flexibility index (Phi) is 5.60. The molecule has 0 spiro atoms. The van der Waals surface area contributed by atoms with E-state index in [1.54, 1.807) is 6.20 Å². The lowest BCUT2D eigenvalue weighted by Gasteiger charge is -2.33. The maximum Gasteiger partial charge on any atom is 0.243 e. The van der Waals surface area contributed by atoms with Crippen LogP contribution in [0, 0.1) is 12.8 Å². The quantitative estimate of drug-likeness (QED) is 0.886. The first kappa shape index (κ1) is 19.5. The van der Waals surface area contributed by atoms with Crippen LogP contribution in [0.15, 0.2) is 22.9 Å². The van der Waals surface area contributed by atoms with Crippen LogP contribution < -0.4 is 5.32 Å². The Morgan fingerprint density at radius 2 is 2.00 bits per heavy atom. The predicted octanol–water partition coefficient (Wildman–Crippen LogP) is 3.48. The van der Waals surface area contributed by atoms with Crippen LogP contribution >= 0.6 is 0 Å². The van der Waals surface area contributed by atoms with Crippen LogP contribution in [0.5, 0.6) is 0 Å². The summed E-state index contributed by atoms with van der Waals surface area (Å²) in [4.78, 5) is 23.6. The van der Waals surface area contributed by atoms with Gasteiger partial charge in [0.1, 0.15) is 5.82 Å². The van der Waals surface area contributed by atoms with Crippen molar-refractivity contribution in [2.45, 2.75) is 58.9 Å². The maximum atomic E-state index is 12.5. The summed E-state index contributed by atoms with van der Waals surface area (Å²) in [6, 6.07) is 3.84. The van der Waals surface area contributed by atoms with E-state index < -0.39 is 0 Å². The summed E-state index contributed by atoms with van der Waals surface area (Å²) < 4.78 is 5.48. The number of carbonyl (C=O) groups is 1. The number of hydrogen-bond donors (Lipinski definition) is 1. The van der Waals surface area contributed by atoms with E-state index in [9.17, 15) is 4.79 Å². The predicted molar refractivity (Wildman–Crippen MR) is 103 cm³/mol. The van der Waals surface area contributed by atoms with Crippen molar-refractivity contribution in [1.82, 2.24) is 20.0 Å². The number of piperidine rings is 1. The molecular formula is C20H29N5O2. The second kappa shape index (κ2) is 7.76. The number of hydrogen-bond acceptors (Lipinski definition) is 6. The molecule has 2 aromatic heterocycles. The third-order valence-corrected chi connectivity index (χ3v) is 5.08. The highest BCUT2D eigenvalue weighted by molar-refractivity contribution is 5.91. The molecule has 0 aliphatic carbocycles. The van der Waals surface area contributed by atoms with Gasteiger partial charge in [0.15, 0.2) is 5.82 Å². The normalized spacial score (nSPS) is 17.7. The summed E-state index contributed by atoms with van der Waals surface area (Å²) in [7, 11) is 0. The minimum Gasteiger partial charge on any atom is -0.338 e. The van der Waals surface area contributed by atoms with Crippen molar-refractivity contribution < 1.29 is 9.32 Å². The minimum atomic E-state index is -0.128. The second-order valence-electron chi connectivity index (χ2n) is 8.40. The van der Waals surface area contributed by atoms with Crippen LogP contribution in [0.25, 0.3) is 0 Å². The van der Waals surface area contributed by atoms with Crippen molar-refractivity contribution in [2.24, 2.45) is 5.92 Å². The molecule has 1 saturated heterocycles.